The van der Waals surface area contributed by atoms with Gasteiger partial charge in [-0.1, -0.05) is 105 Å². The average molecular weight is 314 g/mol. The summed E-state index contributed by atoms with van der Waals surface area (Å²) >= 11 is 0. The fourth-order valence-electron chi connectivity index (χ4n) is 3.49. The summed E-state index contributed by atoms with van der Waals surface area (Å²) in [4.78, 5) is 0. The second-order valence-electron chi connectivity index (χ2n) is 7.21. The van der Waals surface area contributed by atoms with Crippen molar-refractivity contribution in [2.75, 3.05) is 0 Å². The highest BCUT2D eigenvalue weighted by Gasteiger charge is 2.27. The van der Waals surface area contributed by atoms with E-state index >= 15 is 0 Å². The molecule has 122 valence electrons. The van der Waals surface area contributed by atoms with Gasteiger partial charge in [0.2, 0.25) is 0 Å². The molecule has 0 aliphatic heterocycles. The van der Waals surface area contributed by atoms with E-state index in [1.54, 1.807) is 0 Å². The van der Waals surface area contributed by atoms with Crippen molar-refractivity contribution < 1.29 is 0 Å². The van der Waals surface area contributed by atoms with Gasteiger partial charge >= 0.3 is 0 Å². The third-order valence-electron chi connectivity index (χ3n) is 5.17. The van der Waals surface area contributed by atoms with Gasteiger partial charge in [-0.2, -0.15) is 0 Å². The van der Waals surface area contributed by atoms with Crippen LogP contribution in [0, 0.1) is 6.92 Å². The molecule has 0 aliphatic carbocycles. The quantitative estimate of drug-likeness (QED) is 0.517. The molecule has 3 rings (SSSR count). The molecule has 3 aromatic rings. The van der Waals surface area contributed by atoms with Crippen LogP contribution in [0.15, 0.2) is 78.9 Å². The molecule has 0 fully saturated rings. The lowest BCUT2D eigenvalue weighted by molar-refractivity contribution is 0.627. The number of aryl methyl sites for hydroxylation is 1. The Bertz CT molecular complexity index is 795. The smallest absolute Gasteiger partial charge is 0.0149 e. The molecular weight excluding hydrogens is 288 g/mol. The summed E-state index contributed by atoms with van der Waals surface area (Å²) in [5, 5.41) is 0. The van der Waals surface area contributed by atoms with Crippen molar-refractivity contribution in [1.29, 1.82) is 0 Å². The van der Waals surface area contributed by atoms with Gasteiger partial charge in [-0.25, -0.2) is 0 Å². The van der Waals surface area contributed by atoms with Crippen molar-refractivity contribution >= 4 is 0 Å². The monoisotopic (exact) mass is 314 g/mol. The Hall–Kier alpha value is -2.34. The molecule has 0 bridgehead atoms. The summed E-state index contributed by atoms with van der Waals surface area (Å²) in [7, 11) is 0. The Morgan fingerprint density at radius 3 is 1.96 bits per heavy atom. The van der Waals surface area contributed by atoms with Crippen LogP contribution in [0.2, 0.25) is 0 Å². The first-order valence-corrected chi connectivity index (χ1v) is 8.71. The molecule has 0 saturated heterocycles. The standard InChI is InChI=1S/C24H26/c1-18-14-16-20(17-15-18)19(2)22-12-8-9-13-23(22)24(3,4)21-10-6-5-7-11-21/h5-17,19H,1-4H3. The van der Waals surface area contributed by atoms with E-state index in [2.05, 4.69) is 107 Å². The molecule has 24 heavy (non-hydrogen) atoms. The van der Waals surface area contributed by atoms with Crippen molar-refractivity contribution in [3.8, 4) is 0 Å². The van der Waals surface area contributed by atoms with Crippen LogP contribution >= 0.6 is 0 Å². The first-order chi connectivity index (χ1) is 11.5. The van der Waals surface area contributed by atoms with Gasteiger partial charge in [0.05, 0.1) is 0 Å². The predicted molar refractivity (Wildman–Crippen MR) is 104 cm³/mol. The maximum Gasteiger partial charge on any atom is 0.0149 e. The van der Waals surface area contributed by atoms with Crippen molar-refractivity contribution in [3.05, 3.63) is 107 Å². The first-order valence-electron chi connectivity index (χ1n) is 8.71. The van der Waals surface area contributed by atoms with Gasteiger partial charge in [0.1, 0.15) is 0 Å². The van der Waals surface area contributed by atoms with Gasteiger partial charge in [0.25, 0.3) is 0 Å². The third kappa shape index (κ3) is 3.14. The molecule has 0 radical (unpaired) electrons. The van der Waals surface area contributed by atoms with Crippen LogP contribution in [-0.4, -0.2) is 0 Å². The van der Waals surface area contributed by atoms with E-state index in [0.717, 1.165) is 0 Å². The Morgan fingerprint density at radius 2 is 1.29 bits per heavy atom. The topological polar surface area (TPSA) is 0 Å². The van der Waals surface area contributed by atoms with Crippen LogP contribution in [0.3, 0.4) is 0 Å². The Balaban J connectivity index is 2.06. The van der Waals surface area contributed by atoms with Gasteiger partial charge in [-0.05, 0) is 29.2 Å². The van der Waals surface area contributed by atoms with Crippen LogP contribution in [0.25, 0.3) is 0 Å². The number of hydrogen-bond acceptors (Lipinski definition) is 0. The number of benzene rings is 3. The van der Waals surface area contributed by atoms with Gasteiger partial charge in [0, 0.05) is 11.3 Å². The van der Waals surface area contributed by atoms with Crippen LogP contribution in [0.5, 0.6) is 0 Å². The molecule has 0 aromatic heterocycles. The molecule has 0 nitrogen and oxygen atoms in total. The fourth-order valence-corrected chi connectivity index (χ4v) is 3.49. The molecule has 0 heterocycles. The number of rotatable bonds is 4. The van der Waals surface area contributed by atoms with Crippen molar-refractivity contribution in [2.24, 2.45) is 0 Å². The minimum atomic E-state index is -0.0171. The molecule has 0 aliphatic rings. The zero-order valence-corrected chi connectivity index (χ0v) is 15.1. The highest BCUT2D eigenvalue weighted by Crippen LogP contribution is 2.38. The molecular formula is C24H26. The summed E-state index contributed by atoms with van der Waals surface area (Å²) in [6.07, 6.45) is 0. The zero-order chi connectivity index (χ0) is 17.2. The SMILES string of the molecule is Cc1ccc(C(C)c2ccccc2C(C)(C)c2ccccc2)cc1. The second kappa shape index (κ2) is 6.65. The lowest BCUT2D eigenvalue weighted by Gasteiger charge is -2.30. The van der Waals surface area contributed by atoms with Crippen molar-refractivity contribution in [3.63, 3.8) is 0 Å². The summed E-state index contributed by atoms with van der Waals surface area (Å²) in [5.41, 5.74) is 6.84. The Kier molecular flexibility index (Phi) is 4.57. The van der Waals surface area contributed by atoms with Crippen molar-refractivity contribution in [1.82, 2.24) is 0 Å². The minimum Gasteiger partial charge on any atom is -0.0622 e. The van der Waals surface area contributed by atoms with E-state index in [4.69, 9.17) is 0 Å². The van der Waals surface area contributed by atoms with E-state index in [1.807, 2.05) is 0 Å². The van der Waals surface area contributed by atoms with Crippen LogP contribution in [0.4, 0.5) is 0 Å². The van der Waals surface area contributed by atoms with E-state index < -0.39 is 0 Å². The molecule has 0 heteroatoms. The molecule has 1 unspecified atom stereocenters. The van der Waals surface area contributed by atoms with Crippen LogP contribution in [0.1, 0.15) is 54.5 Å². The maximum absolute atomic E-state index is 2.32. The largest absolute Gasteiger partial charge is 0.0622 e. The van der Waals surface area contributed by atoms with Gasteiger partial charge in [-0.3, -0.25) is 0 Å². The summed E-state index contributed by atoms with van der Waals surface area (Å²) in [6.45, 7) is 9.09. The van der Waals surface area contributed by atoms with E-state index in [0.29, 0.717) is 5.92 Å². The van der Waals surface area contributed by atoms with Gasteiger partial charge in [-0.15, -0.1) is 0 Å². The second-order valence-corrected chi connectivity index (χ2v) is 7.21. The Morgan fingerprint density at radius 1 is 0.708 bits per heavy atom. The van der Waals surface area contributed by atoms with E-state index in [1.165, 1.54) is 27.8 Å². The Labute approximate surface area is 146 Å². The zero-order valence-electron chi connectivity index (χ0n) is 15.1. The highest BCUT2D eigenvalue weighted by atomic mass is 14.3. The molecule has 1 atom stereocenters. The van der Waals surface area contributed by atoms with Crippen molar-refractivity contribution in [2.45, 2.75) is 39.0 Å². The third-order valence-corrected chi connectivity index (χ3v) is 5.17. The van der Waals surface area contributed by atoms with Gasteiger partial charge < -0.3 is 0 Å². The molecule has 0 saturated carbocycles. The van der Waals surface area contributed by atoms with E-state index in [-0.39, 0.29) is 5.41 Å². The number of hydrogen-bond donors (Lipinski definition) is 0. The first kappa shape index (κ1) is 16.5. The predicted octanol–water partition coefficient (Wildman–Crippen LogP) is 6.47. The van der Waals surface area contributed by atoms with E-state index in [9.17, 15) is 0 Å². The fraction of sp³-hybridized carbons (Fsp3) is 0.250. The highest BCUT2D eigenvalue weighted by molar-refractivity contribution is 5.46. The lowest BCUT2D eigenvalue weighted by Crippen LogP contribution is -2.21. The molecule has 0 spiro atoms. The minimum absolute atomic E-state index is 0.0171. The van der Waals surface area contributed by atoms with Gasteiger partial charge in [0.15, 0.2) is 0 Å². The summed E-state index contributed by atoms with van der Waals surface area (Å²) < 4.78 is 0. The summed E-state index contributed by atoms with van der Waals surface area (Å²) in [6, 6.07) is 28.6. The molecule has 3 aromatic carbocycles. The maximum atomic E-state index is 2.32. The average Bonchev–Trinajstić information content (AvgIpc) is 2.62. The normalized spacial score (nSPS) is 12.8. The lowest BCUT2D eigenvalue weighted by atomic mass is 9.73. The molecule has 0 N–H and O–H groups in total. The molecule has 0 amide bonds. The summed E-state index contributed by atoms with van der Waals surface area (Å²) in [5.74, 6) is 0.379. The van der Waals surface area contributed by atoms with Crippen LogP contribution in [-0.2, 0) is 5.41 Å². The van der Waals surface area contributed by atoms with Crippen LogP contribution < -0.4 is 0 Å².